The summed E-state index contributed by atoms with van der Waals surface area (Å²) >= 11 is 0. The summed E-state index contributed by atoms with van der Waals surface area (Å²) in [5.74, 6) is -0.235. The second-order valence-corrected chi connectivity index (χ2v) is 2.68. The zero-order valence-electron chi connectivity index (χ0n) is 6.32. The normalized spacial score (nSPS) is 30.7. The Kier molecular flexibility index (Phi) is 2.99. The van der Waals surface area contributed by atoms with Crippen LogP contribution in [0.15, 0.2) is 0 Å². The lowest BCUT2D eigenvalue weighted by Gasteiger charge is -2.08. The third-order valence-corrected chi connectivity index (χ3v) is 1.89. The summed E-state index contributed by atoms with van der Waals surface area (Å²) in [4.78, 5) is 10.9. The summed E-state index contributed by atoms with van der Waals surface area (Å²) in [6.07, 6.45) is 1.12. The standard InChI is InChI=1S/C7H13NO3/c8-3-5-1-2-7(11-5)6(10)4-9/h5,7,9H,1-4,8H2. The third kappa shape index (κ3) is 1.99. The second kappa shape index (κ2) is 3.80. The van der Waals surface area contributed by atoms with Crippen molar-refractivity contribution in [3.8, 4) is 0 Å². The minimum atomic E-state index is -0.429. The van der Waals surface area contributed by atoms with Gasteiger partial charge in [0.2, 0.25) is 0 Å². The molecule has 2 atom stereocenters. The molecule has 0 aromatic heterocycles. The summed E-state index contributed by atoms with van der Waals surface area (Å²) < 4.78 is 5.23. The number of rotatable bonds is 3. The van der Waals surface area contributed by atoms with E-state index in [0.717, 1.165) is 6.42 Å². The van der Waals surface area contributed by atoms with Crippen molar-refractivity contribution in [1.82, 2.24) is 0 Å². The molecule has 1 heterocycles. The maximum atomic E-state index is 10.9. The lowest BCUT2D eigenvalue weighted by Crippen LogP contribution is -2.26. The minimum absolute atomic E-state index is 0.00972. The van der Waals surface area contributed by atoms with Crippen molar-refractivity contribution in [3.63, 3.8) is 0 Å². The summed E-state index contributed by atoms with van der Waals surface area (Å²) in [7, 11) is 0. The Morgan fingerprint density at radius 2 is 2.36 bits per heavy atom. The predicted octanol–water partition coefficient (Wildman–Crippen LogP) is -0.946. The van der Waals surface area contributed by atoms with E-state index in [0.29, 0.717) is 13.0 Å². The maximum absolute atomic E-state index is 10.9. The Hall–Kier alpha value is -0.450. The van der Waals surface area contributed by atoms with E-state index in [9.17, 15) is 4.79 Å². The Bertz CT molecular complexity index is 149. The van der Waals surface area contributed by atoms with Crippen molar-refractivity contribution in [2.24, 2.45) is 5.73 Å². The van der Waals surface area contributed by atoms with Gasteiger partial charge in [0, 0.05) is 6.54 Å². The maximum Gasteiger partial charge on any atom is 0.186 e. The zero-order chi connectivity index (χ0) is 8.27. The summed E-state index contributed by atoms with van der Waals surface area (Å²) in [5.41, 5.74) is 5.34. The van der Waals surface area contributed by atoms with E-state index < -0.39 is 12.7 Å². The average Bonchev–Trinajstić information content (AvgIpc) is 2.50. The number of hydrogen-bond acceptors (Lipinski definition) is 4. The first kappa shape index (κ1) is 8.64. The lowest BCUT2D eigenvalue weighted by molar-refractivity contribution is -0.132. The Morgan fingerprint density at radius 1 is 1.64 bits per heavy atom. The summed E-state index contributed by atoms with van der Waals surface area (Å²) in [5, 5.41) is 8.49. The Labute approximate surface area is 65.3 Å². The minimum Gasteiger partial charge on any atom is -0.388 e. The monoisotopic (exact) mass is 159 g/mol. The number of ketones is 1. The van der Waals surface area contributed by atoms with Crippen LogP contribution in [0, 0.1) is 0 Å². The van der Waals surface area contributed by atoms with Crippen LogP contribution in [0.5, 0.6) is 0 Å². The van der Waals surface area contributed by atoms with Crippen LogP contribution in [-0.2, 0) is 9.53 Å². The van der Waals surface area contributed by atoms with Crippen LogP contribution in [0.3, 0.4) is 0 Å². The van der Waals surface area contributed by atoms with E-state index in [1.54, 1.807) is 0 Å². The number of carbonyl (C=O) groups excluding carboxylic acids is 1. The van der Waals surface area contributed by atoms with Gasteiger partial charge in [-0.15, -0.1) is 0 Å². The molecule has 1 aliphatic rings. The van der Waals surface area contributed by atoms with Gasteiger partial charge < -0.3 is 15.6 Å². The third-order valence-electron chi connectivity index (χ3n) is 1.89. The van der Waals surface area contributed by atoms with Crippen LogP contribution in [0.1, 0.15) is 12.8 Å². The molecule has 1 rings (SSSR count). The second-order valence-electron chi connectivity index (χ2n) is 2.68. The number of ether oxygens (including phenoxy) is 1. The number of hydrogen-bond donors (Lipinski definition) is 2. The first-order valence-corrected chi connectivity index (χ1v) is 3.77. The molecule has 1 fully saturated rings. The van der Waals surface area contributed by atoms with Gasteiger partial charge in [-0.25, -0.2) is 0 Å². The largest absolute Gasteiger partial charge is 0.388 e. The van der Waals surface area contributed by atoms with E-state index in [-0.39, 0.29) is 11.9 Å². The van der Waals surface area contributed by atoms with E-state index in [1.807, 2.05) is 0 Å². The van der Waals surface area contributed by atoms with E-state index >= 15 is 0 Å². The molecule has 0 amide bonds. The topological polar surface area (TPSA) is 72.6 Å². The van der Waals surface area contributed by atoms with Gasteiger partial charge in [0.15, 0.2) is 5.78 Å². The lowest BCUT2D eigenvalue weighted by atomic mass is 10.1. The van der Waals surface area contributed by atoms with Crippen LogP contribution in [-0.4, -0.2) is 36.2 Å². The average molecular weight is 159 g/mol. The molecule has 4 heteroatoms. The van der Waals surface area contributed by atoms with Gasteiger partial charge in [0.25, 0.3) is 0 Å². The molecule has 0 bridgehead atoms. The predicted molar refractivity (Wildman–Crippen MR) is 39.0 cm³/mol. The van der Waals surface area contributed by atoms with Crippen LogP contribution in [0.2, 0.25) is 0 Å². The molecule has 0 aromatic rings. The molecule has 2 unspecified atom stereocenters. The molecular weight excluding hydrogens is 146 g/mol. The molecule has 0 aliphatic carbocycles. The van der Waals surface area contributed by atoms with Crippen molar-refractivity contribution in [2.75, 3.05) is 13.2 Å². The van der Waals surface area contributed by atoms with Gasteiger partial charge in [-0.05, 0) is 12.8 Å². The molecule has 4 nitrogen and oxygen atoms in total. The smallest absolute Gasteiger partial charge is 0.186 e. The molecule has 0 saturated carbocycles. The fourth-order valence-electron chi connectivity index (χ4n) is 1.22. The van der Waals surface area contributed by atoms with Crippen molar-refractivity contribution >= 4 is 5.78 Å². The van der Waals surface area contributed by atoms with E-state index in [4.69, 9.17) is 15.6 Å². The fraction of sp³-hybridized carbons (Fsp3) is 0.857. The van der Waals surface area contributed by atoms with Crippen LogP contribution < -0.4 is 5.73 Å². The number of Topliss-reactive ketones (excluding diaryl/α,β-unsaturated/α-hetero) is 1. The highest BCUT2D eigenvalue weighted by Crippen LogP contribution is 2.18. The van der Waals surface area contributed by atoms with Crippen molar-refractivity contribution in [2.45, 2.75) is 25.0 Å². The van der Waals surface area contributed by atoms with Gasteiger partial charge in [0.05, 0.1) is 6.10 Å². The molecule has 0 radical (unpaired) electrons. The summed E-state index contributed by atoms with van der Waals surface area (Å²) in [6.45, 7) is 0.0250. The van der Waals surface area contributed by atoms with Crippen LogP contribution in [0.4, 0.5) is 0 Å². The van der Waals surface area contributed by atoms with Crippen molar-refractivity contribution < 1.29 is 14.6 Å². The fourth-order valence-corrected chi connectivity index (χ4v) is 1.22. The Morgan fingerprint density at radius 3 is 2.82 bits per heavy atom. The molecule has 1 aliphatic heterocycles. The molecule has 0 aromatic carbocycles. The van der Waals surface area contributed by atoms with Crippen LogP contribution in [0.25, 0.3) is 0 Å². The zero-order valence-corrected chi connectivity index (χ0v) is 6.32. The van der Waals surface area contributed by atoms with Crippen molar-refractivity contribution in [1.29, 1.82) is 0 Å². The van der Waals surface area contributed by atoms with E-state index in [1.165, 1.54) is 0 Å². The molecule has 1 saturated heterocycles. The number of aliphatic hydroxyl groups excluding tert-OH is 1. The highest BCUT2D eigenvalue weighted by molar-refractivity contribution is 5.84. The molecular formula is C7H13NO3. The van der Waals surface area contributed by atoms with Crippen LogP contribution >= 0.6 is 0 Å². The van der Waals surface area contributed by atoms with E-state index in [2.05, 4.69) is 0 Å². The van der Waals surface area contributed by atoms with Gasteiger partial charge in [0.1, 0.15) is 12.7 Å². The van der Waals surface area contributed by atoms with Gasteiger partial charge >= 0.3 is 0 Å². The number of carbonyl (C=O) groups is 1. The molecule has 11 heavy (non-hydrogen) atoms. The highest BCUT2D eigenvalue weighted by atomic mass is 16.5. The quantitative estimate of drug-likeness (QED) is 0.557. The van der Waals surface area contributed by atoms with Gasteiger partial charge in [-0.2, -0.15) is 0 Å². The first-order chi connectivity index (χ1) is 5.27. The van der Waals surface area contributed by atoms with Gasteiger partial charge in [-0.3, -0.25) is 4.79 Å². The number of nitrogens with two attached hydrogens (primary N) is 1. The molecule has 0 spiro atoms. The highest BCUT2D eigenvalue weighted by Gasteiger charge is 2.28. The summed E-state index contributed by atoms with van der Waals surface area (Å²) in [6, 6.07) is 0. The molecule has 64 valence electrons. The van der Waals surface area contributed by atoms with Crippen molar-refractivity contribution in [3.05, 3.63) is 0 Å². The number of aliphatic hydroxyl groups is 1. The Balaban J connectivity index is 2.35. The van der Waals surface area contributed by atoms with Gasteiger partial charge in [-0.1, -0.05) is 0 Å². The SMILES string of the molecule is NCC1CCC(C(=O)CO)O1. The first-order valence-electron chi connectivity index (χ1n) is 3.77. The molecule has 3 N–H and O–H groups in total.